The Morgan fingerprint density at radius 3 is 2.43 bits per heavy atom. The van der Waals surface area contributed by atoms with Gasteiger partial charge < -0.3 is 10.4 Å². The summed E-state index contributed by atoms with van der Waals surface area (Å²) in [6, 6.07) is 7.48. The van der Waals surface area contributed by atoms with E-state index in [9.17, 15) is 14.0 Å². The van der Waals surface area contributed by atoms with E-state index in [0.717, 1.165) is 6.07 Å². The lowest BCUT2D eigenvalue weighted by Gasteiger charge is -2.09. The van der Waals surface area contributed by atoms with Gasteiger partial charge in [0.05, 0.1) is 16.3 Å². The zero-order chi connectivity index (χ0) is 15.6. The van der Waals surface area contributed by atoms with Gasteiger partial charge in [-0.15, -0.1) is 0 Å². The second kappa shape index (κ2) is 6.11. The molecule has 7 heteroatoms. The predicted octanol–water partition coefficient (Wildman–Crippen LogP) is 4.08. The van der Waals surface area contributed by atoms with Crippen molar-refractivity contribution in [2.24, 2.45) is 0 Å². The first-order valence-corrected chi connectivity index (χ1v) is 6.43. The van der Waals surface area contributed by atoms with Gasteiger partial charge in [-0.2, -0.15) is 0 Å². The van der Waals surface area contributed by atoms with Gasteiger partial charge >= 0.3 is 5.97 Å². The summed E-state index contributed by atoms with van der Waals surface area (Å²) < 4.78 is 13.3. The third-order valence-electron chi connectivity index (χ3n) is 2.64. The number of halogens is 3. The molecule has 2 rings (SSSR count). The molecule has 2 aromatic carbocycles. The summed E-state index contributed by atoms with van der Waals surface area (Å²) in [7, 11) is 0. The number of benzene rings is 2. The average Bonchev–Trinajstić information content (AvgIpc) is 2.41. The van der Waals surface area contributed by atoms with Gasteiger partial charge in [0.25, 0.3) is 5.91 Å². The maximum atomic E-state index is 13.3. The number of amides is 1. The molecule has 0 aliphatic rings. The molecule has 4 nitrogen and oxygen atoms in total. The Morgan fingerprint density at radius 1 is 1.10 bits per heavy atom. The van der Waals surface area contributed by atoms with E-state index < -0.39 is 17.7 Å². The fourth-order valence-electron chi connectivity index (χ4n) is 1.64. The van der Waals surface area contributed by atoms with Crippen LogP contribution < -0.4 is 5.32 Å². The van der Waals surface area contributed by atoms with Crippen LogP contribution in [0, 0.1) is 5.82 Å². The first-order valence-electron chi connectivity index (χ1n) is 5.67. The van der Waals surface area contributed by atoms with Crippen molar-refractivity contribution in [3.8, 4) is 0 Å². The van der Waals surface area contributed by atoms with Gasteiger partial charge in [0.1, 0.15) is 5.82 Å². The molecule has 0 aliphatic carbocycles. The normalized spacial score (nSPS) is 10.2. The topological polar surface area (TPSA) is 66.4 Å². The van der Waals surface area contributed by atoms with Gasteiger partial charge in [-0.25, -0.2) is 9.18 Å². The molecular weight excluding hydrogens is 320 g/mol. The van der Waals surface area contributed by atoms with Crippen LogP contribution >= 0.6 is 23.2 Å². The van der Waals surface area contributed by atoms with Gasteiger partial charge in [0.15, 0.2) is 0 Å². The molecule has 0 heterocycles. The molecule has 0 fully saturated rings. The molecule has 2 aromatic rings. The van der Waals surface area contributed by atoms with E-state index >= 15 is 0 Å². The molecule has 0 aromatic heterocycles. The average molecular weight is 328 g/mol. The lowest BCUT2D eigenvalue weighted by Crippen LogP contribution is -2.15. The van der Waals surface area contributed by atoms with Crippen molar-refractivity contribution in [3.63, 3.8) is 0 Å². The molecule has 108 valence electrons. The first kappa shape index (κ1) is 15.3. The Labute approximate surface area is 129 Å². The van der Waals surface area contributed by atoms with Crippen molar-refractivity contribution in [1.82, 2.24) is 0 Å². The highest BCUT2D eigenvalue weighted by molar-refractivity contribution is 6.31. The van der Waals surface area contributed by atoms with Crippen LogP contribution in [0.3, 0.4) is 0 Å². The van der Waals surface area contributed by atoms with Crippen LogP contribution in [-0.2, 0) is 0 Å². The number of carbonyl (C=O) groups is 2. The standard InChI is InChI=1S/C14H8Cl2FNO3/c15-8-2-3-9(14(20)21)12(6-8)18-13(19)7-1-4-10(16)11(17)5-7/h1-6H,(H,18,19)(H,20,21). The van der Waals surface area contributed by atoms with Gasteiger partial charge in [-0.05, 0) is 36.4 Å². The van der Waals surface area contributed by atoms with Crippen LogP contribution in [0.1, 0.15) is 20.7 Å². The molecule has 1 amide bonds. The lowest BCUT2D eigenvalue weighted by molar-refractivity contribution is 0.0698. The summed E-state index contributed by atoms with van der Waals surface area (Å²) in [5.74, 6) is -2.63. The highest BCUT2D eigenvalue weighted by Gasteiger charge is 2.15. The van der Waals surface area contributed by atoms with E-state index in [1.165, 1.54) is 30.3 Å². The first-order chi connectivity index (χ1) is 9.88. The van der Waals surface area contributed by atoms with E-state index in [2.05, 4.69) is 5.32 Å². The van der Waals surface area contributed by atoms with Crippen LogP contribution in [-0.4, -0.2) is 17.0 Å². The molecule has 0 aliphatic heterocycles. The van der Waals surface area contributed by atoms with Crippen LogP contribution in [0.2, 0.25) is 10.0 Å². The molecule has 0 spiro atoms. The highest BCUT2D eigenvalue weighted by Crippen LogP contribution is 2.22. The summed E-state index contributed by atoms with van der Waals surface area (Å²) in [6.45, 7) is 0. The Balaban J connectivity index is 2.33. The van der Waals surface area contributed by atoms with Crippen molar-refractivity contribution in [3.05, 3.63) is 63.4 Å². The Kier molecular flexibility index (Phi) is 4.45. The number of rotatable bonds is 3. The minimum atomic E-state index is -1.22. The summed E-state index contributed by atoms with van der Waals surface area (Å²) in [5.41, 5.74) is -0.0919. The quantitative estimate of drug-likeness (QED) is 0.892. The minimum absolute atomic E-state index is 0.00761. The number of aromatic carboxylic acids is 1. The van der Waals surface area contributed by atoms with Gasteiger partial charge in [0, 0.05) is 10.6 Å². The van der Waals surface area contributed by atoms with E-state index in [-0.39, 0.29) is 26.9 Å². The third-order valence-corrected chi connectivity index (χ3v) is 3.18. The van der Waals surface area contributed by atoms with Crippen molar-refractivity contribution in [1.29, 1.82) is 0 Å². The third kappa shape index (κ3) is 3.51. The van der Waals surface area contributed by atoms with E-state index in [1.54, 1.807) is 0 Å². The fourth-order valence-corrected chi connectivity index (χ4v) is 1.93. The fraction of sp³-hybridized carbons (Fsp3) is 0. The molecule has 2 N–H and O–H groups in total. The van der Waals surface area contributed by atoms with Crippen LogP contribution in [0.15, 0.2) is 36.4 Å². The van der Waals surface area contributed by atoms with Gasteiger partial charge in [-0.1, -0.05) is 23.2 Å². The zero-order valence-corrected chi connectivity index (χ0v) is 11.9. The summed E-state index contributed by atoms with van der Waals surface area (Å²) in [4.78, 5) is 23.1. The number of carboxylic acid groups (broad SMARTS) is 1. The smallest absolute Gasteiger partial charge is 0.337 e. The van der Waals surface area contributed by atoms with E-state index in [1.807, 2.05) is 0 Å². The van der Waals surface area contributed by atoms with Crippen LogP contribution in [0.5, 0.6) is 0 Å². The minimum Gasteiger partial charge on any atom is -0.478 e. The van der Waals surface area contributed by atoms with E-state index in [4.69, 9.17) is 28.3 Å². The van der Waals surface area contributed by atoms with Crippen LogP contribution in [0.25, 0.3) is 0 Å². The van der Waals surface area contributed by atoms with Gasteiger partial charge in [0.2, 0.25) is 0 Å². The second-order valence-corrected chi connectivity index (χ2v) is 4.92. The Morgan fingerprint density at radius 2 is 1.81 bits per heavy atom. The zero-order valence-electron chi connectivity index (χ0n) is 10.4. The summed E-state index contributed by atoms with van der Waals surface area (Å²) in [6.07, 6.45) is 0. The van der Waals surface area contributed by atoms with E-state index in [0.29, 0.717) is 0 Å². The van der Waals surface area contributed by atoms with Crippen molar-refractivity contribution >= 4 is 40.8 Å². The molecule has 0 atom stereocenters. The van der Waals surface area contributed by atoms with Crippen molar-refractivity contribution in [2.75, 3.05) is 5.32 Å². The molecular formula is C14H8Cl2FNO3. The number of nitrogens with one attached hydrogen (secondary N) is 1. The monoisotopic (exact) mass is 327 g/mol. The molecule has 0 unspecified atom stereocenters. The van der Waals surface area contributed by atoms with Crippen LogP contribution in [0.4, 0.5) is 10.1 Å². The SMILES string of the molecule is O=C(Nc1cc(Cl)ccc1C(=O)O)c1ccc(Cl)c(F)c1. The molecule has 0 saturated carbocycles. The number of carbonyl (C=O) groups excluding carboxylic acids is 1. The van der Waals surface area contributed by atoms with Gasteiger partial charge in [-0.3, -0.25) is 4.79 Å². The maximum absolute atomic E-state index is 13.3. The highest BCUT2D eigenvalue weighted by atomic mass is 35.5. The molecule has 0 saturated heterocycles. The number of hydrogen-bond donors (Lipinski definition) is 2. The van der Waals surface area contributed by atoms with Crippen molar-refractivity contribution in [2.45, 2.75) is 0 Å². The second-order valence-electron chi connectivity index (χ2n) is 4.08. The Hall–Kier alpha value is -2.11. The Bertz CT molecular complexity index is 734. The molecule has 0 radical (unpaired) electrons. The molecule has 0 bridgehead atoms. The number of anilines is 1. The molecule has 21 heavy (non-hydrogen) atoms. The number of carboxylic acids is 1. The van der Waals surface area contributed by atoms with Crippen molar-refractivity contribution < 1.29 is 19.1 Å². The summed E-state index contributed by atoms with van der Waals surface area (Å²) in [5, 5.41) is 11.6. The number of hydrogen-bond acceptors (Lipinski definition) is 2. The predicted molar refractivity (Wildman–Crippen MR) is 77.8 cm³/mol. The maximum Gasteiger partial charge on any atom is 0.337 e. The lowest BCUT2D eigenvalue weighted by atomic mass is 10.1. The summed E-state index contributed by atoms with van der Waals surface area (Å²) >= 11 is 11.3. The largest absolute Gasteiger partial charge is 0.478 e.